The Morgan fingerprint density at radius 1 is 1.33 bits per heavy atom. The Morgan fingerprint density at radius 2 is 2.10 bits per heavy atom. The maximum Gasteiger partial charge on any atom is 0.225 e. The number of hydrogen-bond donors (Lipinski definition) is 1. The molecule has 0 bridgehead atoms. The van der Waals surface area contributed by atoms with Gasteiger partial charge in [-0.05, 0) is 44.7 Å². The molecule has 5 nitrogen and oxygen atoms in total. The molecule has 5 heteroatoms. The molecule has 0 radical (unpaired) electrons. The second-order valence-electron chi connectivity index (χ2n) is 6.56. The van der Waals surface area contributed by atoms with E-state index >= 15 is 0 Å². The summed E-state index contributed by atoms with van der Waals surface area (Å²) in [6.45, 7) is 7.85. The Bertz CT molecular complexity index is 460. The van der Waals surface area contributed by atoms with Gasteiger partial charge in [-0.1, -0.05) is 6.92 Å². The van der Waals surface area contributed by atoms with Gasteiger partial charge in [0.2, 0.25) is 5.95 Å². The maximum absolute atomic E-state index is 5.99. The molecule has 21 heavy (non-hydrogen) atoms. The first-order valence-electron chi connectivity index (χ1n) is 8.24. The van der Waals surface area contributed by atoms with Crippen molar-refractivity contribution in [2.24, 2.45) is 5.73 Å². The fourth-order valence-corrected chi connectivity index (χ4v) is 3.51. The molecule has 2 aliphatic rings. The summed E-state index contributed by atoms with van der Waals surface area (Å²) in [5, 5.41) is 0. The maximum atomic E-state index is 5.99. The molecule has 2 N–H and O–H groups in total. The topological polar surface area (TPSA) is 58.3 Å². The molecule has 2 saturated heterocycles. The number of nitrogens with two attached hydrogens (primary N) is 1. The summed E-state index contributed by atoms with van der Waals surface area (Å²) in [6.07, 6.45) is 8.40. The van der Waals surface area contributed by atoms with Crippen LogP contribution in [0.3, 0.4) is 0 Å². The molecule has 3 heterocycles. The van der Waals surface area contributed by atoms with Gasteiger partial charge < -0.3 is 10.6 Å². The van der Waals surface area contributed by atoms with Crippen LogP contribution in [0.15, 0.2) is 12.4 Å². The third-order valence-electron chi connectivity index (χ3n) is 4.91. The lowest BCUT2D eigenvalue weighted by atomic mass is 10.1. The van der Waals surface area contributed by atoms with E-state index in [1.54, 1.807) is 0 Å². The zero-order chi connectivity index (χ0) is 14.8. The Balaban J connectivity index is 1.68. The van der Waals surface area contributed by atoms with Crippen molar-refractivity contribution in [2.75, 3.05) is 24.5 Å². The smallest absolute Gasteiger partial charge is 0.225 e. The number of rotatable bonds is 4. The van der Waals surface area contributed by atoms with Crippen molar-refractivity contribution >= 4 is 5.95 Å². The minimum absolute atomic E-state index is 0.209. The predicted octanol–water partition coefficient (Wildman–Crippen LogP) is 1.43. The van der Waals surface area contributed by atoms with Gasteiger partial charge in [-0.3, -0.25) is 4.90 Å². The van der Waals surface area contributed by atoms with Crippen LogP contribution in [0.1, 0.15) is 38.7 Å². The highest BCUT2D eigenvalue weighted by molar-refractivity contribution is 5.33. The van der Waals surface area contributed by atoms with Crippen molar-refractivity contribution in [3.05, 3.63) is 18.0 Å². The third-order valence-corrected chi connectivity index (χ3v) is 4.91. The lowest BCUT2D eigenvalue weighted by molar-refractivity contribution is 0.201. The zero-order valence-corrected chi connectivity index (χ0v) is 13.2. The first-order valence-corrected chi connectivity index (χ1v) is 8.24. The van der Waals surface area contributed by atoms with Crippen LogP contribution in [-0.4, -0.2) is 52.6 Å². The van der Waals surface area contributed by atoms with Crippen molar-refractivity contribution in [1.82, 2.24) is 14.9 Å². The van der Waals surface area contributed by atoms with Crippen molar-refractivity contribution < 1.29 is 0 Å². The highest BCUT2D eigenvalue weighted by Gasteiger charge is 2.35. The first kappa shape index (κ1) is 14.7. The van der Waals surface area contributed by atoms with Gasteiger partial charge in [-0.25, -0.2) is 9.97 Å². The van der Waals surface area contributed by atoms with Crippen LogP contribution in [0.4, 0.5) is 5.95 Å². The fraction of sp³-hybridized carbons (Fsp3) is 0.750. The van der Waals surface area contributed by atoms with E-state index in [2.05, 4.69) is 33.6 Å². The fourth-order valence-electron chi connectivity index (χ4n) is 3.51. The highest BCUT2D eigenvalue weighted by Crippen LogP contribution is 2.26. The van der Waals surface area contributed by atoms with Gasteiger partial charge in [0.15, 0.2) is 0 Å². The van der Waals surface area contributed by atoms with E-state index < -0.39 is 0 Å². The van der Waals surface area contributed by atoms with E-state index in [9.17, 15) is 0 Å². The Hall–Kier alpha value is -1.20. The van der Waals surface area contributed by atoms with Gasteiger partial charge in [0, 0.05) is 43.6 Å². The van der Waals surface area contributed by atoms with Crippen molar-refractivity contribution in [3.8, 4) is 0 Å². The van der Waals surface area contributed by atoms with Gasteiger partial charge in [-0.15, -0.1) is 0 Å². The molecule has 3 unspecified atom stereocenters. The highest BCUT2D eigenvalue weighted by atomic mass is 15.4. The quantitative estimate of drug-likeness (QED) is 0.908. The molecule has 0 aromatic carbocycles. The lowest BCUT2D eigenvalue weighted by Gasteiger charge is -2.42. The van der Waals surface area contributed by atoms with Crippen LogP contribution in [0, 0.1) is 0 Å². The van der Waals surface area contributed by atoms with E-state index in [0.29, 0.717) is 12.1 Å². The number of nitrogens with zero attached hydrogens (tertiary/aromatic N) is 4. The normalized spacial score (nSPS) is 27.7. The predicted molar refractivity (Wildman–Crippen MR) is 85.4 cm³/mol. The van der Waals surface area contributed by atoms with Crippen molar-refractivity contribution in [1.29, 1.82) is 0 Å². The van der Waals surface area contributed by atoms with Crippen LogP contribution in [0.25, 0.3) is 0 Å². The molecule has 0 spiro atoms. The largest absolute Gasteiger partial charge is 0.335 e. The molecular formula is C16H27N5. The Labute approximate surface area is 127 Å². The van der Waals surface area contributed by atoms with E-state index in [1.165, 1.54) is 19.4 Å². The number of fused-ring (bicyclic) bond motifs is 1. The molecule has 0 amide bonds. The second kappa shape index (κ2) is 6.28. The van der Waals surface area contributed by atoms with Crippen LogP contribution in [0.2, 0.25) is 0 Å². The number of anilines is 1. The molecule has 0 aliphatic carbocycles. The Morgan fingerprint density at radius 3 is 2.81 bits per heavy atom. The SMILES string of the molecule is CCC(N)Cc1cnc(N2CC3CCCN3CC2C)nc1. The van der Waals surface area contributed by atoms with Gasteiger partial charge >= 0.3 is 0 Å². The summed E-state index contributed by atoms with van der Waals surface area (Å²) >= 11 is 0. The molecule has 1 aromatic heterocycles. The summed E-state index contributed by atoms with van der Waals surface area (Å²) in [5.41, 5.74) is 7.13. The van der Waals surface area contributed by atoms with E-state index in [-0.39, 0.29) is 6.04 Å². The minimum Gasteiger partial charge on any atom is -0.335 e. The first-order chi connectivity index (χ1) is 10.2. The number of hydrogen-bond acceptors (Lipinski definition) is 5. The molecule has 1 aromatic rings. The monoisotopic (exact) mass is 289 g/mol. The van der Waals surface area contributed by atoms with E-state index in [1.807, 2.05) is 12.4 Å². The van der Waals surface area contributed by atoms with Crippen molar-refractivity contribution in [3.63, 3.8) is 0 Å². The zero-order valence-electron chi connectivity index (χ0n) is 13.2. The molecule has 116 valence electrons. The molecule has 2 aliphatic heterocycles. The summed E-state index contributed by atoms with van der Waals surface area (Å²) < 4.78 is 0. The van der Waals surface area contributed by atoms with Crippen molar-refractivity contribution in [2.45, 2.75) is 57.7 Å². The molecule has 0 saturated carbocycles. The average molecular weight is 289 g/mol. The molecule has 3 atom stereocenters. The lowest BCUT2D eigenvalue weighted by Crippen LogP contribution is -2.55. The molecule has 3 rings (SSSR count). The van der Waals surface area contributed by atoms with Gasteiger partial charge in [-0.2, -0.15) is 0 Å². The minimum atomic E-state index is 0.209. The summed E-state index contributed by atoms with van der Waals surface area (Å²) in [7, 11) is 0. The number of aromatic nitrogens is 2. The van der Waals surface area contributed by atoms with Crippen LogP contribution in [-0.2, 0) is 6.42 Å². The number of piperazine rings is 1. The summed E-state index contributed by atoms with van der Waals surface area (Å²) in [4.78, 5) is 14.2. The third kappa shape index (κ3) is 3.19. The Kier molecular flexibility index (Phi) is 4.40. The standard InChI is InChI=1S/C16H27N5/c1-3-14(17)7-13-8-18-16(19-9-13)21-11-15-5-4-6-20(15)10-12(21)2/h8-9,12,14-15H,3-7,10-11,17H2,1-2H3. The van der Waals surface area contributed by atoms with E-state index in [0.717, 1.165) is 37.4 Å². The van der Waals surface area contributed by atoms with Crippen LogP contribution >= 0.6 is 0 Å². The average Bonchev–Trinajstić information content (AvgIpc) is 2.94. The van der Waals surface area contributed by atoms with Crippen LogP contribution in [0.5, 0.6) is 0 Å². The molecular weight excluding hydrogens is 262 g/mol. The van der Waals surface area contributed by atoms with Crippen LogP contribution < -0.4 is 10.6 Å². The molecule has 2 fully saturated rings. The second-order valence-corrected chi connectivity index (χ2v) is 6.56. The summed E-state index contributed by atoms with van der Waals surface area (Å²) in [5.74, 6) is 0.878. The van der Waals surface area contributed by atoms with E-state index in [4.69, 9.17) is 5.73 Å². The van der Waals surface area contributed by atoms with Gasteiger partial charge in [0.1, 0.15) is 0 Å². The van der Waals surface area contributed by atoms with Gasteiger partial charge in [0.25, 0.3) is 0 Å². The summed E-state index contributed by atoms with van der Waals surface area (Å²) in [6, 6.07) is 1.39. The van der Waals surface area contributed by atoms with Gasteiger partial charge in [0.05, 0.1) is 0 Å².